The molecule has 1 aromatic heterocycles. The summed E-state index contributed by atoms with van der Waals surface area (Å²) in [4.78, 5) is 15.9. The molecule has 4 nitrogen and oxygen atoms in total. The third-order valence-corrected chi connectivity index (χ3v) is 5.41. The number of fused-ring (bicyclic) bond motifs is 3. The molecule has 1 unspecified atom stereocenters. The van der Waals surface area contributed by atoms with Gasteiger partial charge in [0, 0.05) is 33.9 Å². The largest absolute Gasteiger partial charge is 0.416 e. The molecule has 3 N–H and O–H groups in total. The van der Waals surface area contributed by atoms with E-state index in [1.165, 1.54) is 23.4 Å². The molecule has 3 aromatic rings. The van der Waals surface area contributed by atoms with Crippen LogP contribution in [-0.2, 0) is 19.0 Å². The van der Waals surface area contributed by atoms with Crippen LogP contribution >= 0.6 is 0 Å². The summed E-state index contributed by atoms with van der Waals surface area (Å²) >= 11 is 0. The van der Waals surface area contributed by atoms with E-state index in [4.69, 9.17) is 0 Å². The first-order valence-corrected chi connectivity index (χ1v) is 9.70. The lowest BCUT2D eigenvalue weighted by Gasteiger charge is -2.23. The van der Waals surface area contributed by atoms with Crippen LogP contribution in [0.3, 0.4) is 0 Å². The van der Waals surface area contributed by atoms with Gasteiger partial charge >= 0.3 is 6.18 Å². The van der Waals surface area contributed by atoms with E-state index in [1.807, 2.05) is 12.1 Å². The molecule has 0 fully saturated rings. The molecule has 1 aliphatic carbocycles. The van der Waals surface area contributed by atoms with E-state index in [9.17, 15) is 18.0 Å². The maximum Gasteiger partial charge on any atom is 0.416 e. The summed E-state index contributed by atoms with van der Waals surface area (Å²) in [6.07, 6.45) is -1.42. The van der Waals surface area contributed by atoms with Crippen molar-refractivity contribution >= 4 is 22.5 Å². The van der Waals surface area contributed by atoms with Crippen LogP contribution in [0.4, 0.5) is 18.9 Å². The number of likely N-dealkylation sites (N-methyl/N-ethyl adjacent to an activating group) is 1. The first-order chi connectivity index (χ1) is 13.8. The van der Waals surface area contributed by atoms with Crippen molar-refractivity contribution in [2.45, 2.75) is 38.4 Å². The number of carbonyl (C=O) groups excluding carboxylic acids is 1. The minimum absolute atomic E-state index is 0.182. The third kappa shape index (κ3) is 4.00. The monoisotopic (exact) mass is 401 g/mol. The summed E-state index contributed by atoms with van der Waals surface area (Å²) in [5.41, 5.74) is 3.56. The highest BCUT2D eigenvalue weighted by atomic mass is 19.4. The van der Waals surface area contributed by atoms with E-state index in [2.05, 4.69) is 22.5 Å². The number of nitrogens with one attached hydrogen (secondary N) is 3. The number of rotatable bonds is 4. The van der Waals surface area contributed by atoms with Crippen LogP contribution < -0.4 is 10.6 Å². The fourth-order valence-corrected chi connectivity index (χ4v) is 3.97. The highest BCUT2D eigenvalue weighted by Crippen LogP contribution is 2.32. The molecule has 152 valence electrons. The maximum absolute atomic E-state index is 12.7. The van der Waals surface area contributed by atoms with E-state index in [1.54, 1.807) is 6.07 Å². The zero-order valence-corrected chi connectivity index (χ0v) is 16.0. The molecule has 4 rings (SSSR count). The van der Waals surface area contributed by atoms with Crippen molar-refractivity contribution < 1.29 is 18.0 Å². The van der Waals surface area contributed by atoms with Crippen LogP contribution in [0.15, 0.2) is 42.5 Å². The number of benzene rings is 2. The minimum Gasteiger partial charge on any atom is -0.358 e. The van der Waals surface area contributed by atoms with Crippen molar-refractivity contribution in [1.29, 1.82) is 0 Å². The van der Waals surface area contributed by atoms with E-state index in [0.717, 1.165) is 48.8 Å². The minimum atomic E-state index is -4.42. The summed E-state index contributed by atoms with van der Waals surface area (Å²) in [6, 6.07) is 10.3. The normalized spacial score (nSPS) is 16.6. The molecule has 1 heterocycles. The number of amides is 1. The fourth-order valence-electron chi connectivity index (χ4n) is 3.97. The fraction of sp³-hybridized carbons (Fsp3) is 0.318. The number of halogens is 3. The van der Waals surface area contributed by atoms with Gasteiger partial charge < -0.3 is 15.6 Å². The average Bonchev–Trinajstić information content (AvgIpc) is 3.05. The van der Waals surface area contributed by atoms with Gasteiger partial charge in [0.2, 0.25) is 0 Å². The Morgan fingerprint density at radius 2 is 1.93 bits per heavy atom. The lowest BCUT2D eigenvalue weighted by atomic mass is 9.91. The Labute approximate surface area is 166 Å². The van der Waals surface area contributed by atoms with Gasteiger partial charge in [-0.2, -0.15) is 13.2 Å². The molecule has 29 heavy (non-hydrogen) atoms. The van der Waals surface area contributed by atoms with Gasteiger partial charge in [-0.05, 0) is 73.8 Å². The number of hydrogen-bond donors (Lipinski definition) is 3. The van der Waals surface area contributed by atoms with Crippen LogP contribution in [0.2, 0.25) is 0 Å². The summed E-state index contributed by atoms with van der Waals surface area (Å²) in [6.45, 7) is 3.02. The number of aromatic nitrogens is 1. The van der Waals surface area contributed by atoms with E-state index in [-0.39, 0.29) is 5.56 Å². The molecule has 2 aromatic carbocycles. The summed E-state index contributed by atoms with van der Waals surface area (Å²) in [5, 5.41) is 7.37. The Hall–Kier alpha value is -2.80. The van der Waals surface area contributed by atoms with Crippen LogP contribution in [0, 0.1) is 0 Å². The van der Waals surface area contributed by atoms with Gasteiger partial charge in [-0.3, -0.25) is 4.79 Å². The highest BCUT2D eigenvalue weighted by molar-refractivity contribution is 6.05. The molecule has 0 spiro atoms. The third-order valence-electron chi connectivity index (χ3n) is 5.41. The number of anilines is 1. The van der Waals surface area contributed by atoms with Crippen molar-refractivity contribution in [3.05, 3.63) is 64.8 Å². The molecule has 0 radical (unpaired) electrons. The molecule has 0 aliphatic heterocycles. The number of aromatic amines is 1. The van der Waals surface area contributed by atoms with E-state index in [0.29, 0.717) is 11.7 Å². The number of alkyl halides is 3. The molecule has 7 heteroatoms. The number of aryl methyl sites for hydroxylation is 1. The van der Waals surface area contributed by atoms with Gasteiger partial charge in [-0.15, -0.1) is 0 Å². The van der Waals surface area contributed by atoms with Gasteiger partial charge in [0.15, 0.2) is 0 Å². The summed E-state index contributed by atoms with van der Waals surface area (Å²) in [5.74, 6) is -0.437. The standard InChI is InChI=1S/C22H22F3N3O/c1-2-26-15-7-9-19-17(11-15)18-12-16(8-10-20(18)28-19)27-21(29)13-3-5-14(6-4-13)22(23,24)25/h3-6,8,10,12,15,26,28H,2,7,9,11H2,1H3,(H,27,29). The van der Waals surface area contributed by atoms with Crippen molar-refractivity contribution in [2.75, 3.05) is 11.9 Å². The van der Waals surface area contributed by atoms with Crippen molar-refractivity contribution in [3.8, 4) is 0 Å². The zero-order chi connectivity index (χ0) is 20.6. The van der Waals surface area contributed by atoms with Crippen molar-refractivity contribution in [3.63, 3.8) is 0 Å². The Bertz CT molecular complexity index is 1040. The second-order valence-electron chi connectivity index (χ2n) is 7.37. The van der Waals surface area contributed by atoms with Crippen LogP contribution in [-0.4, -0.2) is 23.5 Å². The molecule has 0 saturated heterocycles. The lowest BCUT2D eigenvalue weighted by Crippen LogP contribution is -2.34. The molecular weight excluding hydrogens is 379 g/mol. The quantitative estimate of drug-likeness (QED) is 0.582. The number of hydrogen-bond acceptors (Lipinski definition) is 2. The van der Waals surface area contributed by atoms with Gasteiger partial charge in [-0.25, -0.2) is 0 Å². The van der Waals surface area contributed by atoms with Crippen LogP contribution in [0.1, 0.15) is 40.5 Å². The molecular formula is C22H22F3N3O. The van der Waals surface area contributed by atoms with Crippen LogP contribution in [0.25, 0.3) is 10.9 Å². The predicted octanol–water partition coefficient (Wildman–Crippen LogP) is 4.91. The Kier molecular flexibility index (Phi) is 5.08. The molecule has 0 saturated carbocycles. The summed E-state index contributed by atoms with van der Waals surface area (Å²) in [7, 11) is 0. The highest BCUT2D eigenvalue weighted by Gasteiger charge is 2.30. The zero-order valence-electron chi connectivity index (χ0n) is 16.0. The predicted molar refractivity (Wildman–Crippen MR) is 107 cm³/mol. The SMILES string of the molecule is CCNC1CCc2[nH]c3ccc(NC(=O)c4ccc(C(F)(F)F)cc4)cc3c2C1. The topological polar surface area (TPSA) is 56.9 Å². The average molecular weight is 401 g/mol. The molecule has 0 bridgehead atoms. The van der Waals surface area contributed by atoms with Gasteiger partial charge in [0.1, 0.15) is 0 Å². The van der Waals surface area contributed by atoms with Gasteiger partial charge in [0.05, 0.1) is 5.56 Å². The second kappa shape index (κ2) is 7.55. The van der Waals surface area contributed by atoms with E-state index >= 15 is 0 Å². The number of carbonyl (C=O) groups is 1. The first-order valence-electron chi connectivity index (χ1n) is 9.70. The Morgan fingerprint density at radius 3 is 2.62 bits per heavy atom. The van der Waals surface area contributed by atoms with E-state index < -0.39 is 17.6 Å². The van der Waals surface area contributed by atoms with Crippen LogP contribution in [0.5, 0.6) is 0 Å². The Balaban J connectivity index is 1.55. The van der Waals surface area contributed by atoms with Crippen molar-refractivity contribution in [2.24, 2.45) is 0 Å². The Morgan fingerprint density at radius 1 is 1.17 bits per heavy atom. The molecule has 1 aliphatic rings. The smallest absolute Gasteiger partial charge is 0.358 e. The molecule has 1 amide bonds. The summed E-state index contributed by atoms with van der Waals surface area (Å²) < 4.78 is 38.1. The first kappa shape index (κ1) is 19.5. The second-order valence-corrected chi connectivity index (χ2v) is 7.37. The number of H-pyrrole nitrogens is 1. The van der Waals surface area contributed by atoms with Gasteiger partial charge in [-0.1, -0.05) is 6.92 Å². The van der Waals surface area contributed by atoms with Crippen molar-refractivity contribution in [1.82, 2.24) is 10.3 Å². The maximum atomic E-state index is 12.7. The lowest BCUT2D eigenvalue weighted by molar-refractivity contribution is -0.137. The molecule has 1 atom stereocenters. The van der Waals surface area contributed by atoms with Gasteiger partial charge in [0.25, 0.3) is 5.91 Å².